The minimum absolute atomic E-state index is 0.0320. The molecule has 0 aliphatic carbocycles. The molecule has 2 fully saturated rings. The Bertz CT molecular complexity index is 752. The highest BCUT2D eigenvalue weighted by Crippen LogP contribution is 2.38. The van der Waals surface area contributed by atoms with Gasteiger partial charge < -0.3 is 20.3 Å². The van der Waals surface area contributed by atoms with Gasteiger partial charge in [-0.25, -0.2) is 0 Å². The highest BCUT2D eigenvalue weighted by atomic mass is 16.5. The summed E-state index contributed by atoms with van der Waals surface area (Å²) < 4.78 is 5.97. The summed E-state index contributed by atoms with van der Waals surface area (Å²) in [6, 6.07) is 8.20. The van der Waals surface area contributed by atoms with E-state index in [0.717, 1.165) is 76.5 Å². The maximum Gasteiger partial charge on any atom is 0.239 e. The molecule has 6 heteroatoms. The Morgan fingerprint density at radius 1 is 1.00 bits per heavy atom. The van der Waals surface area contributed by atoms with Gasteiger partial charge in [-0.05, 0) is 63.1 Å². The summed E-state index contributed by atoms with van der Waals surface area (Å²) in [4.78, 5) is 28.1. The molecule has 1 atom stereocenters. The number of ether oxygens (including phenoxy) is 1. The summed E-state index contributed by atoms with van der Waals surface area (Å²) in [5, 5.41) is 6.51. The number of hydrogen-bond donors (Lipinski definition) is 2. The summed E-state index contributed by atoms with van der Waals surface area (Å²) in [5.41, 5.74) is 0.906. The first-order chi connectivity index (χ1) is 15.2. The number of amides is 2. The van der Waals surface area contributed by atoms with Crippen molar-refractivity contribution >= 4 is 11.8 Å². The number of aryl methyl sites for hydroxylation is 1. The van der Waals surface area contributed by atoms with Gasteiger partial charge in [0, 0.05) is 13.1 Å². The van der Waals surface area contributed by atoms with Crippen LogP contribution in [0.25, 0.3) is 0 Å². The number of para-hydroxylation sites is 1. The molecule has 6 nitrogen and oxygen atoms in total. The van der Waals surface area contributed by atoms with Crippen LogP contribution >= 0.6 is 0 Å². The number of carbonyl (C=O) groups excluding carboxylic acids is 2. The van der Waals surface area contributed by atoms with Crippen LogP contribution in [0.5, 0.6) is 5.75 Å². The maximum atomic E-state index is 13.2. The fourth-order valence-corrected chi connectivity index (χ4v) is 5.35. The zero-order valence-electron chi connectivity index (χ0n) is 18.7. The van der Waals surface area contributed by atoms with Crippen molar-refractivity contribution < 1.29 is 14.3 Å². The lowest BCUT2D eigenvalue weighted by Gasteiger charge is -2.42. The lowest BCUT2D eigenvalue weighted by molar-refractivity contribution is -0.142. The van der Waals surface area contributed by atoms with Gasteiger partial charge in [0.05, 0.1) is 18.0 Å². The van der Waals surface area contributed by atoms with Crippen molar-refractivity contribution in [1.82, 2.24) is 15.5 Å². The minimum atomic E-state index is -0.350. The molecular weight excluding hydrogens is 390 g/mol. The zero-order chi connectivity index (χ0) is 21.5. The SMILES string of the molecule is O=C([C@@H]1CCCCN1)N1CCC2(CCCCCc3ccccc3OCCNC2=O)CC1. The summed E-state index contributed by atoms with van der Waals surface area (Å²) in [6.45, 7) is 3.31. The number of rotatable bonds is 1. The van der Waals surface area contributed by atoms with E-state index in [1.54, 1.807) is 0 Å². The fourth-order valence-electron chi connectivity index (χ4n) is 5.35. The lowest BCUT2D eigenvalue weighted by atomic mass is 9.73. The first-order valence-electron chi connectivity index (χ1n) is 12.2. The molecule has 2 saturated heterocycles. The number of carbonyl (C=O) groups is 2. The van der Waals surface area contributed by atoms with E-state index in [4.69, 9.17) is 4.74 Å². The highest BCUT2D eigenvalue weighted by molar-refractivity contribution is 5.84. The second kappa shape index (κ2) is 10.5. The van der Waals surface area contributed by atoms with Gasteiger partial charge in [-0.3, -0.25) is 9.59 Å². The molecule has 1 aromatic carbocycles. The molecule has 2 N–H and O–H groups in total. The standard InChI is InChI=1S/C25H37N3O3/c29-23(21-10-5-7-15-26-21)28-17-13-25(14-18-28)12-6-1-2-8-20-9-3-4-11-22(20)31-19-16-27-24(25)30/h3-4,9,11,21,26H,1-2,5-8,10,12-19H2,(H,27,30)/t21-/m0/s1. The molecule has 1 spiro atoms. The van der Waals surface area contributed by atoms with Crippen molar-refractivity contribution in [2.24, 2.45) is 5.41 Å². The number of fused-ring (bicyclic) bond motifs is 1. The van der Waals surface area contributed by atoms with E-state index in [2.05, 4.69) is 22.8 Å². The first kappa shape index (κ1) is 22.1. The first-order valence-corrected chi connectivity index (χ1v) is 12.2. The van der Waals surface area contributed by atoms with E-state index < -0.39 is 0 Å². The number of nitrogens with one attached hydrogen (secondary N) is 2. The second-order valence-corrected chi connectivity index (χ2v) is 9.38. The molecular formula is C25H37N3O3. The molecule has 3 aliphatic rings. The van der Waals surface area contributed by atoms with E-state index in [9.17, 15) is 9.59 Å². The van der Waals surface area contributed by atoms with Crippen molar-refractivity contribution in [3.05, 3.63) is 29.8 Å². The van der Waals surface area contributed by atoms with Gasteiger partial charge in [0.1, 0.15) is 12.4 Å². The Hall–Kier alpha value is -2.08. The average molecular weight is 428 g/mol. The number of likely N-dealkylation sites (tertiary alicyclic amines) is 1. The highest BCUT2D eigenvalue weighted by Gasteiger charge is 2.42. The third kappa shape index (κ3) is 5.40. The Labute approximate surface area is 186 Å². The van der Waals surface area contributed by atoms with E-state index in [1.165, 1.54) is 5.56 Å². The van der Waals surface area contributed by atoms with E-state index >= 15 is 0 Å². The van der Waals surface area contributed by atoms with Crippen molar-refractivity contribution in [3.8, 4) is 5.75 Å². The summed E-state index contributed by atoms with van der Waals surface area (Å²) >= 11 is 0. The fraction of sp³-hybridized carbons (Fsp3) is 0.680. The largest absolute Gasteiger partial charge is 0.491 e. The van der Waals surface area contributed by atoms with Gasteiger partial charge in [-0.15, -0.1) is 0 Å². The van der Waals surface area contributed by atoms with Crippen LogP contribution in [0.4, 0.5) is 0 Å². The van der Waals surface area contributed by atoms with Crippen molar-refractivity contribution in [3.63, 3.8) is 0 Å². The average Bonchev–Trinajstić information content (AvgIpc) is 2.83. The molecule has 1 aromatic rings. The summed E-state index contributed by atoms with van der Waals surface area (Å²) in [6.07, 6.45) is 9.92. The Morgan fingerprint density at radius 2 is 1.84 bits per heavy atom. The molecule has 0 unspecified atom stereocenters. The number of benzene rings is 1. The summed E-state index contributed by atoms with van der Waals surface area (Å²) in [7, 11) is 0. The predicted molar refractivity (Wildman–Crippen MR) is 121 cm³/mol. The van der Waals surface area contributed by atoms with E-state index in [-0.39, 0.29) is 23.3 Å². The summed E-state index contributed by atoms with van der Waals surface area (Å²) in [5.74, 6) is 1.31. The van der Waals surface area contributed by atoms with E-state index in [0.29, 0.717) is 26.2 Å². The molecule has 3 aliphatic heterocycles. The predicted octanol–water partition coefficient (Wildman–Crippen LogP) is 3.05. The Balaban J connectivity index is 1.36. The number of hydrogen-bond acceptors (Lipinski definition) is 4. The molecule has 2 amide bonds. The van der Waals surface area contributed by atoms with Gasteiger partial charge in [0.15, 0.2) is 0 Å². The molecule has 0 saturated carbocycles. The number of piperidine rings is 2. The quantitative estimate of drug-likeness (QED) is 0.723. The van der Waals surface area contributed by atoms with Crippen LogP contribution in [0.1, 0.15) is 63.4 Å². The normalized spacial score (nSPS) is 25.2. The molecule has 0 radical (unpaired) electrons. The molecule has 0 aromatic heterocycles. The Morgan fingerprint density at radius 3 is 2.65 bits per heavy atom. The monoisotopic (exact) mass is 427 g/mol. The van der Waals surface area contributed by atoms with Crippen molar-refractivity contribution in [2.75, 3.05) is 32.8 Å². The van der Waals surface area contributed by atoms with Gasteiger partial charge in [-0.2, -0.15) is 0 Å². The Kier molecular flexibility index (Phi) is 7.49. The maximum absolute atomic E-state index is 13.2. The van der Waals surface area contributed by atoms with Crippen LogP contribution in [0, 0.1) is 5.41 Å². The van der Waals surface area contributed by atoms with Crippen LogP contribution in [-0.2, 0) is 16.0 Å². The second-order valence-electron chi connectivity index (χ2n) is 9.38. The molecule has 4 rings (SSSR count). The van der Waals surface area contributed by atoms with Crippen LogP contribution in [0.3, 0.4) is 0 Å². The van der Waals surface area contributed by atoms with Crippen LogP contribution < -0.4 is 15.4 Å². The minimum Gasteiger partial charge on any atom is -0.491 e. The van der Waals surface area contributed by atoms with E-state index in [1.807, 2.05) is 17.0 Å². The van der Waals surface area contributed by atoms with Gasteiger partial charge >= 0.3 is 0 Å². The van der Waals surface area contributed by atoms with Gasteiger partial charge in [0.25, 0.3) is 0 Å². The molecule has 0 bridgehead atoms. The third-order valence-corrected chi connectivity index (χ3v) is 7.34. The van der Waals surface area contributed by atoms with Gasteiger partial charge in [0.2, 0.25) is 11.8 Å². The molecule has 3 heterocycles. The smallest absolute Gasteiger partial charge is 0.239 e. The van der Waals surface area contributed by atoms with Gasteiger partial charge in [-0.1, -0.05) is 37.5 Å². The van der Waals surface area contributed by atoms with Crippen LogP contribution in [0.15, 0.2) is 24.3 Å². The molecule has 31 heavy (non-hydrogen) atoms. The topological polar surface area (TPSA) is 70.7 Å². The zero-order valence-corrected chi connectivity index (χ0v) is 18.7. The molecule has 170 valence electrons. The third-order valence-electron chi connectivity index (χ3n) is 7.34. The van der Waals surface area contributed by atoms with Crippen LogP contribution in [-0.4, -0.2) is 55.5 Å². The lowest BCUT2D eigenvalue weighted by Crippen LogP contribution is -2.55. The van der Waals surface area contributed by atoms with Crippen LogP contribution in [0.2, 0.25) is 0 Å². The van der Waals surface area contributed by atoms with Crippen molar-refractivity contribution in [2.45, 2.75) is 70.3 Å². The number of nitrogens with zero attached hydrogens (tertiary/aromatic N) is 1. The van der Waals surface area contributed by atoms with Crippen molar-refractivity contribution in [1.29, 1.82) is 0 Å².